The molecule has 194 valence electrons. The Balaban J connectivity index is 1.20. The quantitative estimate of drug-likeness (QED) is 0.254. The molecule has 1 fully saturated rings. The van der Waals surface area contributed by atoms with Crippen molar-refractivity contribution in [3.63, 3.8) is 0 Å². The minimum absolute atomic E-state index is 0.276. The Morgan fingerprint density at radius 3 is 2.62 bits per heavy atom. The molecule has 1 aliphatic heterocycles. The lowest BCUT2D eigenvalue weighted by Gasteiger charge is -2.15. The Labute approximate surface area is 224 Å². The predicted molar refractivity (Wildman–Crippen MR) is 151 cm³/mol. The summed E-state index contributed by atoms with van der Waals surface area (Å²) in [7, 11) is 0. The number of fused-ring (bicyclic) bond motifs is 2. The first kappa shape index (κ1) is 23.5. The third-order valence-electron chi connectivity index (χ3n) is 7.42. The second-order valence-electron chi connectivity index (χ2n) is 9.98. The van der Waals surface area contributed by atoms with Crippen LogP contribution in [0.5, 0.6) is 5.75 Å². The minimum Gasteiger partial charge on any atom is -0.491 e. The van der Waals surface area contributed by atoms with E-state index in [0.717, 1.165) is 80.8 Å². The van der Waals surface area contributed by atoms with Gasteiger partial charge in [-0.25, -0.2) is 4.39 Å². The fourth-order valence-electron chi connectivity index (χ4n) is 5.42. The lowest BCUT2D eigenvalue weighted by Crippen LogP contribution is -2.25. The molecule has 1 saturated heterocycles. The molecule has 2 N–H and O–H groups in total. The van der Waals surface area contributed by atoms with Crippen LogP contribution in [0.2, 0.25) is 0 Å². The predicted octanol–water partition coefficient (Wildman–Crippen LogP) is 6.45. The highest BCUT2D eigenvalue weighted by molar-refractivity contribution is 6.01. The third-order valence-corrected chi connectivity index (χ3v) is 7.42. The topological polar surface area (TPSA) is 82.7 Å². The van der Waals surface area contributed by atoms with Crippen molar-refractivity contribution in [3.8, 4) is 39.4 Å². The molecule has 0 radical (unpaired) electrons. The van der Waals surface area contributed by atoms with Crippen LogP contribution in [0.25, 0.3) is 55.4 Å². The first-order chi connectivity index (χ1) is 19.2. The van der Waals surface area contributed by atoms with Crippen LogP contribution < -0.4 is 4.74 Å². The van der Waals surface area contributed by atoms with Crippen molar-refractivity contribution in [2.24, 2.45) is 0 Å². The van der Waals surface area contributed by atoms with Gasteiger partial charge in [0.25, 0.3) is 0 Å². The van der Waals surface area contributed by atoms with Crippen LogP contribution in [0.4, 0.5) is 4.39 Å². The van der Waals surface area contributed by atoms with Crippen LogP contribution in [0.1, 0.15) is 12.8 Å². The first-order valence-electron chi connectivity index (χ1n) is 13.2. The summed E-state index contributed by atoms with van der Waals surface area (Å²) in [6, 6.07) is 16.9. The molecule has 5 heterocycles. The molecule has 1 aliphatic rings. The molecule has 2 aromatic carbocycles. The zero-order valence-corrected chi connectivity index (χ0v) is 21.3. The van der Waals surface area contributed by atoms with E-state index in [-0.39, 0.29) is 5.82 Å². The van der Waals surface area contributed by atoms with Crippen LogP contribution in [0.15, 0.2) is 79.4 Å². The first-order valence-corrected chi connectivity index (χ1v) is 13.2. The Hall–Kier alpha value is -4.56. The van der Waals surface area contributed by atoms with Gasteiger partial charge in [0.1, 0.15) is 23.9 Å². The van der Waals surface area contributed by atoms with Gasteiger partial charge < -0.3 is 9.72 Å². The second-order valence-corrected chi connectivity index (χ2v) is 9.98. The number of hydrogen-bond donors (Lipinski definition) is 2. The van der Waals surface area contributed by atoms with E-state index in [9.17, 15) is 4.39 Å². The highest BCUT2D eigenvalue weighted by Gasteiger charge is 2.16. The number of aromatic amines is 2. The van der Waals surface area contributed by atoms with Crippen molar-refractivity contribution in [2.75, 3.05) is 26.2 Å². The normalized spacial score (nSPS) is 14.0. The van der Waals surface area contributed by atoms with Crippen molar-refractivity contribution in [3.05, 3.63) is 85.2 Å². The number of hydrogen-bond acceptors (Lipinski definition) is 5. The van der Waals surface area contributed by atoms with Gasteiger partial charge in [0.15, 0.2) is 0 Å². The highest BCUT2D eigenvalue weighted by Crippen LogP contribution is 2.35. The summed E-state index contributed by atoms with van der Waals surface area (Å²) in [5.74, 6) is 0.494. The van der Waals surface area contributed by atoms with Crippen LogP contribution in [-0.4, -0.2) is 56.3 Å². The van der Waals surface area contributed by atoms with E-state index < -0.39 is 0 Å². The lowest BCUT2D eigenvalue weighted by atomic mass is 10.0. The minimum atomic E-state index is -0.276. The number of halogens is 1. The number of pyridine rings is 2. The molecule has 6 aromatic rings. The molecule has 0 aliphatic carbocycles. The maximum atomic E-state index is 13.9. The number of benzene rings is 2. The number of likely N-dealkylation sites (tertiary alicyclic amines) is 1. The number of H-pyrrole nitrogens is 2. The molecule has 7 nitrogen and oxygen atoms in total. The van der Waals surface area contributed by atoms with Gasteiger partial charge in [-0.15, -0.1) is 0 Å². The van der Waals surface area contributed by atoms with E-state index >= 15 is 0 Å². The molecule has 7 rings (SSSR count). The van der Waals surface area contributed by atoms with Crippen LogP contribution in [-0.2, 0) is 0 Å². The lowest BCUT2D eigenvalue weighted by molar-refractivity contribution is 0.237. The second kappa shape index (κ2) is 9.96. The molecule has 0 unspecified atom stereocenters. The van der Waals surface area contributed by atoms with Gasteiger partial charge in [0, 0.05) is 40.8 Å². The average Bonchev–Trinajstić information content (AvgIpc) is 3.72. The van der Waals surface area contributed by atoms with Gasteiger partial charge >= 0.3 is 0 Å². The zero-order valence-electron chi connectivity index (χ0n) is 21.3. The van der Waals surface area contributed by atoms with Gasteiger partial charge in [-0.3, -0.25) is 20.0 Å². The molecular formula is C31H27FN6O. The Kier molecular flexibility index (Phi) is 6.01. The molecule has 0 atom stereocenters. The average molecular weight is 519 g/mol. The fourth-order valence-corrected chi connectivity index (χ4v) is 5.42. The van der Waals surface area contributed by atoms with Crippen molar-refractivity contribution in [1.82, 2.24) is 30.0 Å². The number of rotatable bonds is 7. The summed E-state index contributed by atoms with van der Waals surface area (Å²) in [4.78, 5) is 14.7. The van der Waals surface area contributed by atoms with Crippen LogP contribution >= 0.6 is 0 Å². The highest BCUT2D eigenvalue weighted by atomic mass is 19.1. The van der Waals surface area contributed by atoms with Crippen LogP contribution in [0, 0.1) is 5.82 Å². The molecule has 0 bridgehead atoms. The standard InChI is InChI=1S/C31H27FN6O/c32-23-5-3-4-21(12-23)27-18-34-19-30-25(27)15-29(35-30)31-26-14-20(6-7-28(26)36-37-31)22-13-24(17-33-16-22)39-11-10-38-8-1-2-9-38/h3-7,12-19,35H,1-2,8-11H2,(H,36,37). The van der Waals surface area contributed by atoms with E-state index in [0.29, 0.717) is 6.61 Å². The third kappa shape index (κ3) is 4.64. The summed E-state index contributed by atoms with van der Waals surface area (Å²) in [5, 5.41) is 9.72. The van der Waals surface area contributed by atoms with Crippen molar-refractivity contribution in [2.45, 2.75) is 12.8 Å². The largest absolute Gasteiger partial charge is 0.491 e. The van der Waals surface area contributed by atoms with Gasteiger partial charge in [-0.05, 0) is 73.5 Å². The summed E-state index contributed by atoms with van der Waals surface area (Å²) >= 11 is 0. The molecule has 0 spiro atoms. The van der Waals surface area contributed by atoms with E-state index in [1.54, 1.807) is 24.7 Å². The molecule has 0 saturated carbocycles. The van der Waals surface area contributed by atoms with Gasteiger partial charge in [-0.1, -0.05) is 18.2 Å². The molecule has 4 aromatic heterocycles. The smallest absolute Gasteiger partial charge is 0.138 e. The fraction of sp³-hybridized carbons (Fsp3) is 0.194. The number of nitrogens with zero attached hydrogens (tertiary/aromatic N) is 4. The Bertz CT molecular complexity index is 1790. The maximum Gasteiger partial charge on any atom is 0.138 e. The maximum absolute atomic E-state index is 13.9. The molecule has 0 amide bonds. The molecule has 8 heteroatoms. The summed E-state index contributed by atoms with van der Waals surface area (Å²) in [6.45, 7) is 3.92. The number of ether oxygens (including phenoxy) is 1. The number of aromatic nitrogens is 5. The van der Waals surface area contributed by atoms with E-state index in [2.05, 4.69) is 48.2 Å². The van der Waals surface area contributed by atoms with Gasteiger partial charge in [0.2, 0.25) is 0 Å². The van der Waals surface area contributed by atoms with Gasteiger partial charge in [-0.2, -0.15) is 5.10 Å². The Morgan fingerprint density at radius 2 is 1.72 bits per heavy atom. The summed E-state index contributed by atoms with van der Waals surface area (Å²) in [5.41, 5.74) is 7.11. The Morgan fingerprint density at radius 1 is 0.821 bits per heavy atom. The van der Waals surface area contributed by atoms with E-state index in [4.69, 9.17) is 4.74 Å². The zero-order chi connectivity index (χ0) is 26.2. The van der Waals surface area contributed by atoms with Gasteiger partial charge in [0.05, 0.1) is 29.1 Å². The van der Waals surface area contributed by atoms with Crippen molar-refractivity contribution in [1.29, 1.82) is 0 Å². The molecular weight excluding hydrogens is 491 g/mol. The summed E-state index contributed by atoms with van der Waals surface area (Å²) in [6.07, 6.45) is 9.72. The molecule has 39 heavy (non-hydrogen) atoms. The van der Waals surface area contributed by atoms with Crippen molar-refractivity contribution < 1.29 is 9.13 Å². The van der Waals surface area contributed by atoms with E-state index in [1.165, 1.54) is 25.0 Å². The summed E-state index contributed by atoms with van der Waals surface area (Å²) < 4.78 is 20.0. The SMILES string of the molecule is Fc1cccc(-c2cncc3[nH]c(-c4n[nH]c5ccc(-c6cncc(OCCN7CCCC7)c6)cc45)cc23)c1. The number of nitrogens with one attached hydrogen (secondary N) is 2. The van der Waals surface area contributed by atoms with E-state index in [1.807, 2.05) is 24.4 Å². The van der Waals surface area contributed by atoms with Crippen molar-refractivity contribution >= 4 is 21.8 Å². The monoisotopic (exact) mass is 518 g/mol. The van der Waals surface area contributed by atoms with Crippen LogP contribution in [0.3, 0.4) is 0 Å².